The fourth-order valence-electron chi connectivity index (χ4n) is 7.68. The van der Waals surface area contributed by atoms with Gasteiger partial charge < -0.3 is 29.5 Å². The van der Waals surface area contributed by atoms with Crippen LogP contribution in [0, 0.1) is 19.8 Å². The van der Waals surface area contributed by atoms with Gasteiger partial charge in [0, 0.05) is 35.9 Å². The topological polar surface area (TPSA) is 280 Å². The molecule has 6 unspecified atom stereocenters. The van der Waals surface area contributed by atoms with Crippen molar-refractivity contribution in [3.05, 3.63) is 65.2 Å². The lowest BCUT2D eigenvalue weighted by molar-refractivity contribution is -0.0464. The Morgan fingerprint density at radius 2 is 1.06 bits per heavy atom. The Balaban J connectivity index is 0.919. The summed E-state index contributed by atoms with van der Waals surface area (Å²) in [7, 11) is -8.95. The van der Waals surface area contributed by atoms with E-state index in [1.807, 2.05) is 0 Å². The fraction of sp³-hybridized carbons (Fsp3) is 0.800. The first kappa shape index (κ1) is 52.0. The zero-order chi connectivity index (χ0) is 45.1. The Bertz CT molecular complexity index is 1990. The number of nitrogens with one attached hydrogen (secondary N) is 2. The zero-order valence-corrected chi connectivity index (χ0v) is 37.9. The highest BCUT2D eigenvalue weighted by molar-refractivity contribution is 7.47. The summed E-state index contributed by atoms with van der Waals surface area (Å²) in [4.78, 5) is 73.0. The van der Waals surface area contributed by atoms with E-state index in [1.165, 1.54) is 77.6 Å². The van der Waals surface area contributed by atoms with Crippen LogP contribution in [0.15, 0.2) is 31.6 Å². The van der Waals surface area contributed by atoms with E-state index in [2.05, 4.69) is 9.97 Å². The van der Waals surface area contributed by atoms with Crippen LogP contribution >= 0.6 is 15.6 Å². The standard InChI is InChI=1S/C40H68N4O16P2/c1-29-24-43(39(49)41-36(29)47)34-23-32(33(27-46)58-34)59-61(51,52)56-21-19-17-15-13-11-9-7-5-3-4-6-8-10-12-14-16-18-20-22-57-62(53,54)60-35-31(26-45)28-55-38(35)44-25-30(2)37(48)42-40(44)50/h24-25,31-35,38,45-46H,3-23,26-28H2,1-2H3,(H,51,52)(H,53,54)(H,41,47,49)(H,42,48,50)/t31?,32?,33-,34?,35?,38-/m1/s1. The van der Waals surface area contributed by atoms with Gasteiger partial charge in [0.2, 0.25) is 0 Å². The van der Waals surface area contributed by atoms with Crippen LogP contribution in [0.3, 0.4) is 0 Å². The van der Waals surface area contributed by atoms with Gasteiger partial charge in [0.25, 0.3) is 11.1 Å². The van der Waals surface area contributed by atoms with E-state index in [9.17, 15) is 48.3 Å². The second-order valence-corrected chi connectivity index (χ2v) is 19.2. The predicted octanol–water partition coefficient (Wildman–Crippen LogP) is 5.15. The number of unbranched alkanes of at least 4 members (excludes halogenated alkanes) is 17. The number of rotatable bonds is 31. The zero-order valence-electron chi connectivity index (χ0n) is 36.1. The molecule has 2 aliphatic rings. The number of phosphoric acid groups is 2. The molecular weight excluding hydrogens is 854 g/mol. The first-order valence-electron chi connectivity index (χ1n) is 22.1. The lowest BCUT2D eigenvalue weighted by Crippen LogP contribution is -2.38. The molecule has 2 aliphatic heterocycles. The van der Waals surface area contributed by atoms with Crippen molar-refractivity contribution in [1.82, 2.24) is 19.1 Å². The van der Waals surface area contributed by atoms with E-state index >= 15 is 0 Å². The number of aromatic amines is 2. The van der Waals surface area contributed by atoms with Crippen molar-refractivity contribution in [3.8, 4) is 0 Å². The molecule has 8 atom stereocenters. The molecule has 2 saturated heterocycles. The minimum absolute atomic E-state index is 0.00845. The van der Waals surface area contributed by atoms with Gasteiger partial charge in [-0.25, -0.2) is 18.7 Å². The third kappa shape index (κ3) is 17.1. The van der Waals surface area contributed by atoms with E-state index in [0.717, 1.165) is 60.5 Å². The Kier molecular flexibility index (Phi) is 22.2. The molecule has 20 nitrogen and oxygen atoms in total. The lowest BCUT2D eigenvalue weighted by atomic mass is 10.0. The van der Waals surface area contributed by atoms with Crippen molar-refractivity contribution in [2.75, 3.05) is 33.0 Å². The number of aliphatic hydroxyl groups is 2. The van der Waals surface area contributed by atoms with Gasteiger partial charge in [-0.2, -0.15) is 0 Å². The summed E-state index contributed by atoms with van der Waals surface area (Å²) in [5.74, 6) is -0.669. The number of phosphoric ester groups is 2. The monoisotopic (exact) mass is 922 g/mol. The number of H-pyrrole nitrogens is 2. The van der Waals surface area contributed by atoms with Gasteiger partial charge in [-0.3, -0.25) is 46.8 Å². The summed E-state index contributed by atoms with van der Waals surface area (Å²) >= 11 is 0. The average Bonchev–Trinajstić information content (AvgIpc) is 3.81. The quantitative estimate of drug-likeness (QED) is 0.0421. The molecule has 0 saturated carbocycles. The van der Waals surface area contributed by atoms with E-state index in [0.29, 0.717) is 18.4 Å². The molecule has 0 aliphatic carbocycles. The predicted molar refractivity (Wildman–Crippen MR) is 228 cm³/mol. The Morgan fingerprint density at radius 1 is 0.645 bits per heavy atom. The van der Waals surface area contributed by atoms with Crippen molar-refractivity contribution in [2.45, 2.75) is 167 Å². The van der Waals surface area contributed by atoms with E-state index in [-0.39, 0.29) is 31.8 Å². The van der Waals surface area contributed by atoms with Crippen LogP contribution in [0.1, 0.15) is 146 Å². The minimum Gasteiger partial charge on any atom is -0.396 e. The molecular formula is C40H68N4O16P2. The van der Waals surface area contributed by atoms with Crippen LogP contribution in [0.25, 0.3) is 0 Å². The van der Waals surface area contributed by atoms with E-state index in [4.69, 9.17) is 27.6 Å². The molecule has 22 heteroatoms. The molecule has 2 aromatic heterocycles. The number of aromatic nitrogens is 4. The molecule has 0 spiro atoms. The summed E-state index contributed by atoms with van der Waals surface area (Å²) < 4.78 is 59.9. The number of hydrogen-bond donors (Lipinski definition) is 6. The molecule has 62 heavy (non-hydrogen) atoms. The molecule has 0 bridgehead atoms. The molecule has 0 amide bonds. The maximum Gasteiger partial charge on any atom is 0.472 e. The van der Waals surface area contributed by atoms with Crippen LogP contribution in [0.4, 0.5) is 0 Å². The van der Waals surface area contributed by atoms with Crippen LogP contribution in [0.2, 0.25) is 0 Å². The highest BCUT2D eigenvalue weighted by Crippen LogP contribution is 2.50. The van der Waals surface area contributed by atoms with Gasteiger partial charge >= 0.3 is 27.0 Å². The summed E-state index contributed by atoms with van der Waals surface area (Å²) in [5.41, 5.74) is -1.98. The summed E-state index contributed by atoms with van der Waals surface area (Å²) in [5, 5.41) is 19.5. The van der Waals surface area contributed by atoms with Gasteiger partial charge in [0.15, 0.2) is 6.23 Å². The molecule has 4 rings (SSSR count). The van der Waals surface area contributed by atoms with Crippen molar-refractivity contribution in [3.63, 3.8) is 0 Å². The fourth-order valence-corrected chi connectivity index (χ4v) is 9.67. The summed E-state index contributed by atoms with van der Waals surface area (Å²) in [6.45, 7) is 2.23. The van der Waals surface area contributed by atoms with Crippen LogP contribution in [-0.4, -0.2) is 90.4 Å². The summed E-state index contributed by atoms with van der Waals surface area (Å²) in [6, 6.07) is 0. The molecule has 0 radical (unpaired) electrons. The molecule has 354 valence electrons. The van der Waals surface area contributed by atoms with E-state index < -0.39 is 88.0 Å². The first-order chi connectivity index (χ1) is 29.6. The van der Waals surface area contributed by atoms with Crippen molar-refractivity contribution >= 4 is 15.6 Å². The van der Waals surface area contributed by atoms with Gasteiger partial charge in [-0.05, 0) is 26.7 Å². The van der Waals surface area contributed by atoms with Gasteiger partial charge in [-0.15, -0.1) is 0 Å². The molecule has 2 aromatic rings. The number of hydrogen-bond acceptors (Lipinski definition) is 14. The Hall–Kier alpha value is -2.58. The minimum atomic E-state index is -4.52. The summed E-state index contributed by atoms with van der Waals surface area (Å²) in [6.07, 6.45) is 16.6. The highest BCUT2D eigenvalue weighted by Gasteiger charge is 2.44. The molecule has 4 heterocycles. The maximum atomic E-state index is 12.7. The molecule has 0 aromatic carbocycles. The van der Waals surface area contributed by atoms with Gasteiger partial charge in [-0.1, -0.05) is 103 Å². The van der Waals surface area contributed by atoms with Crippen LogP contribution in [-0.2, 0) is 36.7 Å². The third-order valence-corrected chi connectivity index (χ3v) is 13.3. The average molecular weight is 923 g/mol. The number of aryl methyl sites for hydroxylation is 2. The van der Waals surface area contributed by atoms with Crippen LogP contribution in [0.5, 0.6) is 0 Å². The first-order valence-corrected chi connectivity index (χ1v) is 25.1. The smallest absolute Gasteiger partial charge is 0.396 e. The molecule has 2 fully saturated rings. The second-order valence-electron chi connectivity index (χ2n) is 16.4. The number of ether oxygens (including phenoxy) is 2. The number of aliphatic hydroxyl groups excluding tert-OH is 2. The van der Waals surface area contributed by atoms with Crippen molar-refractivity contribution in [2.24, 2.45) is 5.92 Å². The maximum absolute atomic E-state index is 12.7. The Labute approximate surface area is 361 Å². The lowest BCUT2D eigenvalue weighted by Gasteiger charge is -2.25. The van der Waals surface area contributed by atoms with Gasteiger partial charge in [0.05, 0.1) is 33.0 Å². The molecule has 6 N–H and O–H groups in total. The largest absolute Gasteiger partial charge is 0.472 e. The normalized spacial score (nSPS) is 23.5. The third-order valence-electron chi connectivity index (χ3n) is 11.3. The highest BCUT2D eigenvalue weighted by atomic mass is 31.2. The SMILES string of the molecule is Cc1cn(C2CC(OP(=O)(O)OCCCCCCCCCCCCCCCCCCCCOP(=O)(O)OC3C(CO)CO[C@H]3n3cc(C)c(=O)[nH]c3=O)[C@@H](CO)O2)c(=O)[nH]c1=O. The van der Waals surface area contributed by atoms with Crippen LogP contribution < -0.4 is 22.5 Å². The van der Waals surface area contributed by atoms with Gasteiger partial charge in [0.1, 0.15) is 24.5 Å². The van der Waals surface area contributed by atoms with Crippen molar-refractivity contribution < 1.29 is 56.7 Å². The number of nitrogens with zero attached hydrogens (tertiary/aromatic N) is 2. The van der Waals surface area contributed by atoms with Crippen molar-refractivity contribution in [1.29, 1.82) is 0 Å². The second kappa shape index (κ2) is 26.4. The van der Waals surface area contributed by atoms with E-state index in [1.54, 1.807) is 0 Å². The Morgan fingerprint density at radius 3 is 1.52 bits per heavy atom.